The van der Waals surface area contributed by atoms with E-state index in [4.69, 9.17) is 11.6 Å². The molecule has 0 aliphatic heterocycles. The number of benzene rings is 1. The highest BCUT2D eigenvalue weighted by molar-refractivity contribution is 6.30. The molecule has 0 unspecified atom stereocenters. The standard InChI is InChI=1S/C20H22ClN5O2/c1-4-5-10-24-13(2)11-25-16-17(22-19(24)25)23(3)20(28)26(18(16)27)12-14-6-8-15(21)9-7-14/h6-9,11H,4-5,10,12H2,1-3H3. The summed E-state index contributed by atoms with van der Waals surface area (Å²) < 4.78 is 6.59. The second-order valence-corrected chi connectivity index (χ2v) is 7.53. The predicted molar refractivity (Wildman–Crippen MR) is 110 cm³/mol. The molecule has 0 saturated heterocycles. The Kier molecular flexibility index (Phi) is 4.63. The van der Waals surface area contributed by atoms with Gasteiger partial charge in [-0.2, -0.15) is 4.98 Å². The van der Waals surface area contributed by atoms with E-state index in [9.17, 15) is 9.59 Å². The van der Waals surface area contributed by atoms with Crippen molar-refractivity contribution in [2.45, 2.75) is 39.8 Å². The molecule has 0 N–H and O–H groups in total. The summed E-state index contributed by atoms with van der Waals surface area (Å²) in [4.78, 5) is 30.7. The molecule has 146 valence electrons. The lowest BCUT2D eigenvalue weighted by Gasteiger charge is -2.08. The second-order valence-electron chi connectivity index (χ2n) is 7.09. The molecule has 0 atom stereocenters. The maximum Gasteiger partial charge on any atom is 0.332 e. The zero-order valence-electron chi connectivity index (χ0n) is 16.1. The number of hydrogen-bond donors (Lipinski definition) is 0. The Labute approximate surface area is 166 Å². The summed E-state index contributed by atoms with van der Waals surface area (Å²) in [6, 6.07) is 7.13. The normalized spacial score (nSPS) is 11.7. The molecule has 7 nitrogen and oxygen atoms in total. The third kappa shape index (κ3) is 2.86. The molecule has 8 heteroatoms. The van der Waals surface area contributed by atoms with Crippen LogP contribution in [0.5, 0.6) is 0 Å². The highest BCUT2D eigenvalue weighted by Crippen LogP contribution is 2.17. The zero-order valence-corrected chi connectivity index (χ0v) is 16.9. The van der Waals surface area contributed by atoms with Crippen molar-refractivity contribution in [3.8, 4) is 0 Å². The lowest BCUT2D eigenvalue weighted by atomic mass is 10.2. The van der Waals surface area contributed by atoms with Crippen molar-refractivity contribution in [3.63, 3.8) is 0 Å². The number of nitrogens with zero attached hydrogens (tertiary/aromatic N) is 5. The van der Waals surface area contributed by atoms with Gasteiger partial charge in [-0.25, -0.2) is 4.79 Å². The van der Waals surface area contributed by atoms with Gasteiger partial charge in [-0.3, -0.25) is 18.3 Å². The van der Waals surface area contributed by atoms with Crippen molar-refractivity contribution in [3.05, 3.63) is 67.6 Å². The fourth-order valence-electron chi connectivity index (χ4n) is 3.56. The van der Waals surface area contributed by atoms with Crippen LogP contribution in [-0.4, -0.2) is 23.1 Å². The van der Waals surface area contributed by atoms with Crippen LogP contribution in [-0.2, 0) is 20.1 Å². The molecule has 0 aliphatic rings. The van der Waals surface area contributed by atoms with Gasteiger partial charge in [-0.15, -0.1) is 0 Å². The van der Waals surface area contributed by atoms with Gasteiger partial charge in [0.15, 0.2) is 11.2 Å². The van der Waals surface area contributed by atoms with Gasteiger partial charge in [0.2, 0.25) is 5.78 Å². The molecule has 0 saturated carbocycles. The monoisotopic (exact) mass is 399 g/mol. The van der Waals surface area contributed by atoms with Crippen molar-refractivity contribution in [2.75, 3.05) is 0 Å². The van der Waals surface area contributed by atoms with E-state index in [1.54, 1.807) is 23.6 Å². The molecule has 4 aromatic rings. The minimum atomic E-state index is -0.384. The summed E-state index contributed by atoms with van der Waals surface area (Å²) in [5, 5.41) is 0.612. The fraction of sp³-hybridized carbons (Fsp3) is 0.350. The molecule has 0 fully saturated rings. The van der Waals surface area contributed by atoms with Gasteiger partial charge in [0.25, 0.3) is 5.56 Å². The molecular weight excluding hydrogens is 378 g/mol. The van der Waals surface area contributed by atoms with Crippen molar-refractivity contribution in [1.29, 1.82) is 0 Å². The number of halogens is 1. The van der Waals surface area contributed by atoms with Crippen molar-refractivity contribution in [2.24, 2.45) is 7.05 Å². The van der Waals surface area contributed by atoms with Crippen molar-refractivity contribution >= 4 is 28.5 Å². The van der Waals surface area contributed by atoms with Crippen LogP contribution < -0.4 is 11.2 Å². The second kappa shape index (κ2) is 6.98. The van der Waals surface area contributed by atoms with E-state index in [1.165, 1.54) is 9.13 Å². The van der Waals surface area contributed by atoms with E-state index in [0.717, 1.165) is 30.6 Å². The molecule has 0 amide bonds. The van der Waals surface area contributed by atoms with Gasteiger partial charge in [-0.05, 0) is 31.0 Å². The SMILES string of the molecule is CCCCn1c(C)cn2c3c(=O)n(Cc4ccc(Cl)cc4)c(=O)n(C)c3nc12. The molecule has 1 aromatic carbocycles. The van der Waals surface area contributed by atoms with Gasteiger partial charge in [-0.1, -0.05) is 37.1 Å². The van der Waals surface area contributed by atoms with Crippen LogP contribution >= 0.6 is 11.6 Å². The van der Waals surface area contributed by atoms with E-state index in [0.29, 0.717) is 22.0 Å². The van der Waals surface area contributed by atoms with E-state index >= 15 is 0 Å². The van der Waals surface area contributed by atoms with Crippen LogP contribution in [0.4, 0.5) is 0 Å². The number of hydrogen-bond acceptors (Lipinski definition) is 3. The summed E-state index contributed by atoms with van der Waals surface area (Å²) in [5.41, 5.74) is 1.97. The number of fused-ring (bicyclic) bond motifs is 3. The van der Waals surface area contributed by atoms with Crippen LogP contribution in [0.3, 0.4) is 0 Å². The number of imidazole rings is 2. The lowest BCUT2D eigenvalue weighted by Crippen LogP contribution is -2.39. The van der Waals surface area contributed by atoms with Crippen molar-refractivity contribution < 1.29 is 0 Å². The Morgan fingerprint density at radius 1 is 1.11 bits per heavy atom. The molecule has 3 heterocycles. The van der Waals surface area contributed by atoms with Gasteiger partial charge in [0.1, 0.15) is 0 Å². The minimum absolute atomic E-state index is 0.182. The van der Waals surface area contributed by atoms with E-state index in [2.05, 4.69) is 16.5 Å². The maximum atomic E-state index is 13.2. The molecule has 0 bridgehead atoms. The number of rotatable bonds is 5. The molecule has 0 aliphatic carbocycles. The molecule has 4 rings (SSSR count). The predicted octanol–water partition coefficient (Wildman–Crippen LogP) is 2.96. The molecular formula is C20H22ClN5O2. The number of aryl methyl sites for hydroxylation is 3. The minimum Gasteiger partial charge on any atom is -0.314 e. The van der Waals surface area contributed by atoms with E-state index in [-0.39, 0.29) is 17.8 Å². The zero-order chi connectivity index (χ0) is 20.0. The molecule has 0 radical (unpaired) electrons. The average molecular weight is 400 g/mol. The number of aromatic nitrogens is 5. The highest BCUT2D eigenvalue weighted by atomic mass is 35.5. The largest absolute Gasteiger partial charge is 0.332 e. The van der Waals surface area contributed by atoms with Crippen LogP contribution in [0.25, 0.3) is 16.9 Å². The first-order chi connectivity index (χ1) is 13.4. The maximum absolute atomic E-state index is 13.2. The van der Waals surface area contributed by atoms with Crippen LogP contribution in [0.1, 0.15) is 31.0 Å². The van der Waals surface area contributed by atoms with Gasteiger partial charge < -0.3 is 4.57 Å². The van der Waals surface area contributed by atoms with Crippen LogP contribution in [0.15, 0.2) is 40.1 Å². The molecule has 28 heavy (non-hydrogen) atoms. The van der Waals surface area contributed by atoms with Gasteiger partial charge in [0, 0.05) is 30.5 Å². The quantitative estimate of drug-likeness (QED) is 0.518. The fourth-order valence-corrected chi connectivity index (χ4v) is 3.69. The lowest BCUT2D eigenvalue weighted by molar-refractivity contribution is 0.631. The Bertz CT molecular complexity index is 1290. The first kappa shape index (κ1) is 18.6. The van der Waals surface area contributed by atoms with Gasteiger partial charge in [0.05, 0.1) is 6.54 Å². The third-order valence-electron chi connectivity index (χ3n) is 5.13. The summed E-state index contributed by atoms with van der Waals surface area (Å²) in [6.45, 7) is 5.15. The summed E-state index contributed by atoms with van der Waals surface area (Å²) in [7, 11) is 1.65. The first-order valence-electron chi connectivity index (χ1n) is 9.34. The smallest absolute Gasteiger partial charge is 0.314 e. The third-order valence-corrected chi connectivity index (χ3v) is 5.38. The Balaban J connectivity index is 1.95. The van der Waals surface area contributed by atoms with Gasteiger partial charge >= 0.3 is 5.69 Å². The Hall–Kier alpha value is -2.80. The molecule has 3 aromatic heterocycles. The summed E-state index contributed by atoms with van der Waals surface area (Å²) >= 11 is 5.94. The van der Waals surface area contributed by atoms with Crippen molar-refractivity contribution in [1.82, 2.24) is 23.1 Å². The summed E-state index contributed by atoms with van der Waals surface area (Å²) in [6.07, 6.45) is 4.00. The summed E-state index contributed by atoms with van der Waals surface area (Å²) in [5.74, 6) is 0.692. The first-order valence-corrected chi connectivity index (χ1v) is 9.72. The number of unbranched alkanes of at least 4 members (excludes halogenated alkanes) is 1. The molecule has 0 spiro atoms. The van der Waals surface area contributed by atoms with E-state index in [1.807, 2.05) is 25.3 Å². The van der Waals surface area contributed by atoms with E-state index < -0.39 is 0 Å². The Morgan fingerprint density at radius 2 is 1.82 bits per heavy atom. The van der Waals surface area contributed by atoms with Crippen LogP contribution in [0, 0.1) is 6.92 Å². The topological polar surface area (TPSA) is 66.2 Å². The Morgan fingerprint density at radius 3 is 2.50 bits per heavy atom. The average Bonchev–Trinajstić information content (AvgIpc) is 3.18. The highest BCUT2D eigenvalue weighted by Gasteiger charge is 2.20. The van der Waals surface area contributed by atoms with Crippen LogP contribution in [0.2, 0.25) is 5.02 Å².